The Kier molecular flexibility index (Phi) is 2.51. The fraction of sp³-hybridized carbons (Fsp3) is 0.167. The number of nitrogens with zero attached hydrogens (tertiary/aromatic N) is 3. The summed E-state index contributed by atoms with van der Waals surface area (Å²) >= 11 is 0. The smallest absolute Gasteiger partial charge is 0.154 e. The van der Waals surface area contributed by atoms with Crippen molar-refractivity contribution >= 4 is 11.9 Å². The van der Waals surface area contributed by atoms with Gasteiger partial charge in [-0.1, -0.05) is 6.58 Å². The van der Waals surface area contributed by atoms with Gasteiger partial charge in [-0.2, -0.15) is 0 Å². The zero-order valence-electron chi connectivity index (χ0n) is 5.86. The van der Waals surface area contributed by atoms with E-state index in [1.54, 1.807) is 12.1 Å². The van der Waals surface area contributed by atoms with Gasteiger partial charge in [0, 0.05) is 6.07 Å². The molecule has 0 atom stereocenters. The third-order valence-corrected chi connectivity index (χ3v) is 1.07. The highest BCUT2D eigenvalue weighted by atomic mass is 16.3. The van der Waals surface area contributed by atoms with Crippen molar-refractivity contribution in [3.8, 4) is 0 Å². The quantitative estimate of drug-likeness (QED) is 0.590. The Labute approximate surface area is 63.8 Å². The van der Waals surface area contributed by atoms with E-state index in [4.69, 9.17) is 5.11 Å². The monoisotopic (exact) mass is 152 g/mol. The van der Waals surface area contributed by atoms with Crippen LogP contribution in [-0.2, 0) is 0 Å². The molecule has 0 bridgehead atoms. The van der Waals surface area contributed by atoms with E-state index in [2.05, 4.69) is 27.3 Å². The standard InChI is InChI=1S/C6H8N4O/c1-2-5-3-6(7-4-11)9-10-8-5/h2-3,11H,1,4H2,(H,7,8,9). The zero-order valence-corrected chi connectivity index (χ0v) is 5.86. The summed E-state index contributed by atoms with van der Waals surface area (Å²) in [6.45, 7) is 3.34. The third kappa shape index (κ3) is 1.98. The second-order valence-electron chi connectivity index (χ2n) is 1.78. The molecule has 0 saturated carbocycles. The van der Waals surface area contributed by atoms with E-state index in [9.17, 15) is 0 Å². The number of nitrogens with one attached hydrogen (secondary N) is 1. The number of hydrogen-bond acceptors (Lipinski definition) is 5. The molecule has 0 unspecified atom stereocenters. The van der Waals surface area contributed by atoms with Crippen molar-refractivity contribution in [1.29, 1.82) is 0 Å². The average molecular weight is 152 g/mol. The van der Waals surface area contributed by atoms with Gasteiger partial charge in [0.1, 0.15) is 6.73 Å². The zero-order chi connectivity index (χ0) is 8.10. The van der Waals surface area contributed by atoms with Crippen LogP contribution in [-0.4, -0.2) is 27.2 Å². The van der Waals surface area contributed by atoms with Crippen molar-refractivity contribution in [2.75, 3.05) is 12.0 Å². The molecule has 2 N–H and O–H groups in total. The summed E-state index contributed by atoms with van der Waals surface area (Å²) in [6.07, 6.45) is 1.55. The summed E-state index contributed by atoms with van der Waals surface area (Å²) < 4.78 is 0. The Balaban J connectivity index is 2.82. The number of hydrogen-bond donors (Lipinski definition) is 2. The van der Waals surface area contributed by atoms with Crippen molar-refractivity contribution in [3.05, 3.63) is 18.3 Å². The summed E-state index contributed by atoms with van der Waals surface area (Å²) in [4.78, 5) is 0. The van der Waals surface area contributed by atoms with Crippen LogP contribution < -0.4 is 5.32 Å². The molecule has 0 aliphatic carbocycles. The molecular weight excluding hydrogens is 144 g/mol. The Morgan fingerprint density at radius 3 is 3.09 bits per heavy atom. The van der Waals surface area contributed by atoms with Crippen LogP contribution >= 0.6 is 0 Å². The summed E-state index contributed by atoms with van der Waals surface area (Å²) in [5, 5.41) is 21.7. The van der Waals surface area contributed by atoms with E-state index in [0.29, 0.717) is 11.5 Å². The van der Waals surface area contributed by atoms with Gasteiger partial charge in [0.2, 0.25) is 0 Å². The molecule has 1 aromatic heterocycles. The molecule has 0 aliphatic heterocycles. The predicted octanol–water partition coefficient (Wildman–Crippen LogP) is -0.124. The number of aliphatic hydroxyl groups is 1. The third-order valence-electron chi connectivity index (χ3n) is 1.07. The molecule has 0 aromatic carbocycles. The molecule has 5 heteroatoms. The summed E-state index contributed by atoms with van der Waals surface area (Å²) in [5.41, 5.74) is 0.621. The van der Waals surface area contributed by atoms with Gasteiger partial charge < -0.3 is 10.4 Å². The molecule has 11 heavy (non-hydrogen) atoms. The average Bonchev–Trinajstić information content (AvgIpc) is 2.06. The number of rotatable bonds is 3. The van der Waals surface area contributed by atoms with Crippen molar-refractivity contribution < 1.29 is 5.11 Å². The van der Waals surface area contributed by atoms with Gasteiger partial charge in [-0.05, 0) is 11.3 Å². The summed E-state index contributed by atoms with van der Waals surface area (Å²) in [5.74, 6) is 0.484. The Morgan fingerprint density at radius 2 is 2.45 bits per heavy atom. The minimum atomic E-state index is -0.171. The van der Waals surface area contributed by atoms with Crippen LogP contribution in [0, 0.1) is 0 Å². The number of aromatic nitrogens is 3. The second-order valence-corrected chi connectivity index (χ2v) is 1.78. The molecule has 0 saturated heterocycles. The van der Waals surface area contributed by atoms with Crippen LogP contribution in [0.4, 0.5) is 5.82 Å². The Hall–Kier alpha value is -1.49. The number of aliphatic hydroxyl groups excluding tert-OH is 1. The van der Waals surface area contributed by atoms with Crippen LogP contribution in [0.25, 0.3) is 6.08 Å². The molecule has 1 rings (SSSR count). The van der Waals surface area contributed by atoms with E-state index < -0.39 is 0 Å². The van der Waals surface area contributed by atoms with Crippen molar-refractivity contribution in [3.63, 3.8) is 0 Å². The predicted molar refractivity (Wildman–Crippen MR) is 40.6 cm³/mol. The maximum absolute atomic E-state index is 8.46. The topological polar surface area (TPSA) is 70.9 Å². The highest BCUT2D eigenvalue weighted by Gasteiger charge is 1.93. The molecule has 0 aliphatic rings. The van der Waals surface area contributed by atoms with Gasteiger partial charge in [-0.3, -0.25) is 0 Å². The molecule has 0 fully saturated rings. The van der Waals surface area contributed by atoms with Gasteiger partial charge in [0.25, 0.3) is 0 Å². The molecular formula is C6H8N4O. The lowest BCUT2D eigenvalue weighted by Gasteiger charge is -1.98. The largest absolute Gasteiger partial charge is 0.377 e. The lowest BCUT2D eigenvalue weighted by atomic mass is 10.4. The molecule has 58 valence electrons. The summed E-state index contributed by atoms with van der Waals surface area (Å²) in [6, 6.07) is 1.64. The first kappa shape index (κ1) is 7.62. The molecule has 1 heterocycles. The molecule has 0 amide bonds. The lowest BCUT2D eigenvalue weighted by molar-refractivity contribution is 0.325. The van der Waals surface area contributed by atoms with E-state index >= 15 is 0 Å². The maximum atomic E-state index is 8.46. The highest BCUT2D eigenvalue weighted by molar-refractivity contribution is 5.46. The van der Waals surface area contributed by atoms with E-state index in [-0.39, 0.29) is 6.73 Å². The molecule has 1 aromatic rings. The van der Waals surface area contributed by atoms with E-state index in [1.165, 1.54) is 0 Å². The lowest BCUT2D eigenvalue weighted by Crippen LogP contribution is -2.03. The van der Waals surface area contributed by atoms with Gasteiger partial charge in [-0.15, -0.1) is 10.2 Å². The van der Waals surface area contributed by atoms with Gasteiger partial charge in [0.15, 0.2) is 5.82 Å². The highest BCUT2D eigenvalue weighted by Crippen LogP contribution is 2.01. The first-order valence-corrected chi connectivity index (χ1v) is 3.04. The van der Waals surface area contributed by atoms with Crippen molar-refractivity contribution in [2.24, 2.45) is 0 Å². The normalized spacial score (nSPS) is 9.18. The van der Waals surface area contributed by atoms with Crippen LogP contribution in [0.2, 0.25) is 0 Å². The van der Waals surface area contributed by atoms with Crippen molar-refractivity contribution in [1.82, 2.24) is 15.4 Å². The first-order valence-electron chi connectivity index (χ1n) is 3.04. The molecule has 5 nitrogen and oxygen atoms in total. The van der Waals surface area contributed by atoms with Gasteiger partial charge >= 0.3 is 0 Å². The Morgan fingerprint density at radius 1 is 1.64 bits per heavy atom. The van der Waals surface area contributed by atoms with E-state index in [1.807, 2.05) is 0 Å². The van der Waals surface area contributed by atoms with Crippen LogP contribution in [0.1, 0.15) is 5.69 Å². The minimum absolute atomic E-state index is 0.171. The van der Waals surface area contributed by atoms with Gasteiger partial charge in [-0.25, -0.2) is 0 Å². The molecule has 0 spiro atoms. The Bertz CT molecular complexity index is 250. The second kappa shape index (κ2) is 3.62. The van der Waals surface area contributed by atoms with Crippen molar-refractivity contribution in [2.45, 2.75) is 0 Å². The fourth-order valence-electron chi connectivity index (χ4n) is 0.587. The SMILES string of the molecule is C=Cc1cc(NCO)nnn1. The number of anilines is 1. The first-order chi connectivity index (χ1) is 5.36. The minimum Gasteiger partial charge on any atom is -0.377 e. The van der Waals surface area contributed by atoms with E-state index in [0.717, 1.165) is 0 Å². The van der Waals surface area contributed by atoms with Crippen LogP contribution in [0.3, 0.4) is 0 Å². The fourth-order valence-corrected chi connectivity index (χ4v) is 0.587. The van der Waals surface area contributed by atoms with Crippen LogP contribution in [0.5, 0.6) is 0 Å². The van der Waals surface area contributed by atoms with Gasteiger partial charge in [0.05, 0.1) is 5.69 Å². The summed E-state index contributed by atoms with van der Waals surface area (Å²) in [7, 11) is 0. The van der Waals surface area contributed by atoms with Crippen LogP contribution in [0.15, 0.2) is 12.6 Å². The maximum Gasteiger partial charge on any atom is 0.154 e. The molecule has 0 radical (unpaired) electrons.